The minimum absolute atomic E-state index is 0.0941. The van der Waals surface area contributed by atoms with E-state index in [1.54, 1.807) is 0 Å². The average Bonchev–Trinajstić information content (AvgIpc) is 2.40. The molecule has 0 radical (unpaired) electrons. The van der Waals surface area contributed by atoms with Gasteiger partial charge in [0.1, 0.15) is 0 Å². The zero-order valence-electron chi connectivity index (χ0n) is 13.3. The maximum Gasteiger partial charge on any atom is 0.310 e. The summed E-state index contributed by atoms with van der Waals surface area (Å²) >= 11 is 0. The Balaban J connectivity index is 3.01. The molecule has 1 N–H and O–H groups in total. The molecule has 0 heterocycles. The van der Waals surface area contributed by atoms with Crippen molar-refractivity contribution >= 4 is 5.97 Å². The Morgan fingerprint density at radius 2 is 1.74 bits per heavy atom. The van der Waals surface area contributed by atoms with Gasteiger partial charge in [0.2, 0.25) is 0 Å². The summed E-state index contributed by atoms with van der Waals surface area (Å²) in [6, 6.07) is 0. The summed E-state index contributed by atoms with van der Waals surface area (Å²) in [7, 11) is 0. The summed E-state index contributed by atoms with van der Waals surface area (Å²) in [6.07, 6.45) is 10.0. The Bertz CT molecular complexity index is 290. The van der Waals surface area contributed by atoms with Gasteiger partial charge in [0.25, 0.3) is 0 Å². The van der Waals surface area contributed by atoms with E-state index < -0.39 is 11.4 Å². The number of rotatable bonds is 7. The van der Waals surface area contributed by atoms with Gasteiger partial charge < -0.3 is 5.11 Å². The van der Waals surface area contributed by atoms with Crippen LogP contribution >= 0.6 is 0 Å². The van der Waals surface area contributed by atoms with Gasteiger partial charge in [-0.1, -0.05) is 59.8 Å². The number of carboxylic acid groups (broad SMARTS) is 1. The first-order valence-corrected chi connectivity index (χ1v) is 8.15. The fraction of sp³-hybridized carbons (Fsp3) is 0.941. The first-order valence-electron chi connectivity index (χ1n) is 8.15. The number of hydrogen-bond donors (Lipinski definition) is 1. The lowest BCUT2D eigenvalue weighted by molar-refractivity contribution is -0.163. The first-order chi connectivity index (χ1) is 8.92. The zero-order valence-corrected chi connectivity index (χ0v) is 13.3. The van der Waals surface area contributed by atoms with E-state index in [4.69, 9.17) is 0 Å². The standard InChI is InChI=1S/C17H32O2/c1-5-7-13-17(6-2,15(18)19)16(3,4)14-11-9-8-10-12-14/h14H,5-13H2,1-4H3,(H,18,19). The molecule has 1 saturated carbocycles. The molecule has 2 heteroatoms. The van der Waals surface area contributed by atoms with Crippen LogP contribution in [0.25, 0.3) is 0 Å². The Morgan fingerprint density at radius 1 is 1.16 bits per heavy atom. The Morgan fingerprint density at radius 3 is 2.16 bits per heavy atom. The van der Waals surface area contributed by atoms with Crippen LogP contribution in [-0.2, 0) is 4.79 Å². The quantitative estimate of drug-likeness (QED) is 0.683. The molecule has 1 aliphatic carbocycles. The highest BCUT2D eigenvalue weighted by molar-refractivity contribution is 5.75. The third-order valence-electron chi connectivity index (χ3n) is 5.83. The lowest BCUT2D eigenvalue weighted by Crippen LogP contribution is -2.48. The molecule has 0 aromatic rings. The van der Waals surface area contributed by atoms with E-state index >= 15 is 0 Å². The predicted molar refractivity (Wildman–Crippen MR) is 80.2 cm³/mol. The highest BCUT2D eigenvalue weighted by atomic mass is 16.4. The molecule has 1 aliphatic rings. The molecule has 0 bridgehead atoms. The fourth-order valence-corrected chi connectivity index (χ4v) is 4.18. The van der Waals surface area contributed by atoms with Crippen LogP contribution < -0.4 is 0 Å². The molecule has 0 spiro atoms. The lowest BCUT2D eigenvalue weighted by Gasteiger charge is -2.49. The monoisotopic (exact) mass is 268 g/mol. The fourth-order valence-electron chi connectivity index (χ4n) is 4.18. The van der Waals surface area contributed by atoms with E-state index in [0.29, 0.717) is 5.92 Å². The van der Waals surface area contributed by atoms with Crippen molar-refractivity contribution in [3.8, 4) is 0 Å². The van der Waals surface area contributed by atoms with Crippen LogP contribution in [0.1, 0.15) is 85.5 Å². The van der Waals surface area contributed by atoms with E-state index in [9.17, 15) is 9.90 Å². The van der Waals surface area contributed by atoms with E-state index in [2.05, 4.69) is 27.7 Å². The normalized spacial score (nSPS) is 21.1. The summed E-state index contributed by atoms with van der Waals surface area (Å²) in [5.74, 6) is 0.00757. The molecule has 2 nitrogen and oxygen atoms in total. The molecule has 0 saturated heterocycles. The van der Waals surface area contributed by atoms with Gasteiger partial charge in [0.15, 0.2) is 0 Å². The van der Waals surface area contributed by atoms with Crippen molar-refractivity contribution in [2.45, 2.75) is 85.5 Å². The van der Waals surface area contributed by atoms with Gasteiger partial charge in [0, 0.05) is 0 Å². The van der Waals surface area contributed by atoms with Gasteiger partial charge in [0.05, 0.1) is 5.41 Å². The van der Waals surface area contributed by atoms with Gasteiger partial charge in [-0.2, -0.15) is 0 Å². The minimum atomic E-state index is -0.570. The van der Waals surface area contributed by atoms with Crippen molar-refractivity contribution in [2.24, 2.45) is 16.7 Å². The minimum Gasteiger partial charge on any atom is -0.481 e. The van der Waals surface area contributed by atoms with Crippen molar-refractivity contribution in [1.29, 1.82) is 0 Å². The highest BCUT2D eigenvalue weighted by Gasteiger charge is 2.52. The molecule has 19 heavy (non-hydrogen) atoms. The van der Waals surface area contributed by atoms with Crippen LogP contribution in [0.3, 0.4) is 0 Å². The van der Waals surface area contributed by atoms with Crippen LogP contribution in [0, 0.1) is 16.7 Å². The van der Waals surface area contributed by atoms with Crippen molar-refractivity contribution in [3.05, 3.63) is 0 Å². The predicted octanol–water partition coefficient (Wildman–Crippen LogP) is 5.26. The van der Waals surface area contributed by atoms with Gasteiger partial charge in [-0.25, -0.2) is 0 Å². The molecular weight excluding hydrogens is 236 g/mol. The molecule has 1 fully saturated rings. The molecule has 1 rings (SSSR count). The summed E-state index contributed by atoms with van der Waals surface area (Å²) in [5.41, 5.74) is -0.631. The molecule has 1 unspecified atom stereocenters. The molecule has 112 valence electrons. The molecule has 1 atom stereocenters. The van der Waals surface area contributed by atoms with E-state index in [0.717, 1.165) is 25.7 Å². The topological polar surface area (TPSA) is 37.3 Å². The Hall–Kier alpha value is -0.530. The van der Waals surface area contributed by atoms with Crippen LogP contribution in [0.5, 0.6) is 0 Å². The maximum atomic E-state index is 12.0. The second kappa shape index (κ2) is 6.76. The van der Waals surface area contributed by atoms with Crippen molar-refractivity contribution in [3.63, 3.8) is 0 Å². The Kier molecular flexibility index (Phi) is 5.88. The van der Waals surface area contributed by atoms with Gasteiger partial charge >= 0.3 is 5.97 Å². The molecular formula is C17H32O2. The largest absolute Gasteiger partial charge is 0.481 e. The number of carboxylic acids is 1. The van der Waals surface area contributed by atoms with Crippen molar-refractivity contribution < 1.29 is 9.90 Å². The summed E-state index contributed by atoms with van der Waals surface area (Å²) in [5, 5.41) is 9.92. The van der Waals surface area contributed by atoms with Crippen LogP contribution in [0.4, 0.5) is 0 Å². The second-order valence-electron chi connectivity index (χ2n) is 6.90. The van der Waals surface area contributed by atoms with E-state index in [1.165, 1.54) is 32.1 Å². The summed E-state index contributed by atoms with van der Waals surface area (Å²) in [6.45, 7) is 8.65. The van der Waals surface area contributed by atoms with Crippen LogP contribution in [0.15, 0.2) is 0 Å². The zero-order chi connectivity index (χ0) is 14.5. The molecule has 0 aliphatic heterocycles. The third kappa shape index (κ3) is 3.14. The van der Waals surface area contributed by atoms with Crippen molar-refractivity contribution in [1.82, 2.24) is 0 Å². The van der Waals surface area contributed by atoms with E-state index in [-0.39, 0.29) is 5.41 Å². The lowest BCUT2D eigenvalue weighted by atomic mass is 9.54. The van der Waals surface area contributed by atoms with Crippen LogP contribution in [0.2, 0.25) is 0 Å². The number of aliphatic carboxylic acids is 1. The number of hydrogen-bond acceptors (Lipinski definition) is 1. The summed E-state index contributed by atoms with van der Waals surface area (Å²) < 4.78 is 0. The second-order valence-corrected chi connectivity index (χ2v) is 6.90. The number of unbranched alkanes of at least 4 members (excludes halogenated alkanes) is 1. The van der Waals surface area contributed by atoms with Crippen molar-refractivity contribution in [2.75, 3.05) is 0 Å². The van der Waals surface area contributed by atoms with E-state index in [1.807, 2.05) is 0 Å². The Labute approximate surface area is 119 Å². The third-order valence-corrected chi connectivity index (χ3v) is 5.83. The van der Waals surface area contributed by atoms with Gasteiger partial charge in [-0.05, 0) is 37.0 Å². The highest BCUT2D eigenvalue weighted by Crippen LogP contribution is 2.54. The van der Waals surface area contributed by atoms with Gasteiger partial charge in [-0.15, -0.1) is 0 Å². The molecule has 0 amide bonds. The smallest absolute Gasteiger partial charge is 0.310 e. The molecule has 0 aromatic heterocycles. The first kappa shape index (κ1) is 16.5. The van der Waals surface area contributed by atoms with Gasteiger partial charge in [-0.3, -0.25) is 4.79 Å². The maximum absolute atomic E-state index is 12.0. The van der Waals surface area contributed by atoms with Crippen LogP contribution in [-0.4, -0.2) is 11.1 Å². The average molecular weight is 268 g/mol. The molecule has 0 aromatic carbocycles. The summed E-state index contributed by atoms with van der Waals surface area (Å²) in [4.78, 5) is 12.0. The SMILES string of the molecule is CCCCC(CC)(C(=O)O)C(C)(C)C1CCCCC1. The number of carbonyl (C=O) groups is 1.